The number of aromatic nitrogens is 2. The molecule has 0 aliphatic heterocycles. The van der Waals surface area contributed by atoms with Crippen LogP contribution in [0.4, 0.5) is 0 Å². The third kappa shape index (κ3) is 4.01. The number of carbonyl (C=O) groups excluding carboxylic acids is 1. The molecule has 0 saturated carbocycles. The van der Waals surface area contributed by atoms with Gasteiger partial charge in [-0.2, -0.15) is 0 Å². The molecular weight excluding hydrogens is 294 g/mol. The summed E-state index contributed by atoms with van der Waals surface area (Å²) in [5.41, 5.74) is 2.38. The fourth-order valence-corrected chi connectivity index (χ4v) is 2.94. The Morgan fingerprint density at radius 3 is 2.95 bits per heavy atom. The molecular formula is C17H21N3OS. The van der Waals surface area contributed by atoms with Crippen LogP contribution in [0, 0.1) is 0 Å². The largest absolute Gasteiger partial charge is 0.352 e. The monoisotopic (exact) mass is 315 g/mol. The SMILES string of the molecule is C=CCNC(=O)CSc1nccn1-c1ccccc1C(C)C. The Hall–Kier alpha value is -2.01. The number of nitrogens with zero attached hydrogens (tertiary/aromatic N) is 2. The highest BCUT2D eigenvalue weighted by atomic mass is 32.2. The maximum Gasteiger partial charge on any atom is 0.230 e. The van der Waals surface area contributed by atoms with Gasteiger partial charge in [-0.1, -0.05) is 49.9 Å². The fourth-order valence-electron chi connectivity index (χ4n) is 2.14. The Balaban J connectivity index is 2.16. The molecule has 0 bridgehead atoms. The van der Waals surface area contributed by atoms with Crippen molar-refractivity contribution in [1.82, 2.24) is 14.9 Å². The molecule has 1 heterocycles. The van der Waals surface area contributed by atoms with Crippen molar-refractivity contribution >= 4 is 17.7 Å². The number of hydrogen-bond acceptors (Lipinski definition) is 3. The number of hydrogen-bond donors (Lipinski definition) is 1. The lowest BCUT2D eigenvalue weighted by Crippen LogP contribution is -2.25. The van der Waals surface area contributed by atoms with Crippen molar-refractivity contribution in [1.29, 1.82) is 0 Å². The van der Waals surface area contributed by atoms with Crippen LogP contribution in [0.3, 0.4) is 0 Å². The van der Waals surface area contributed by atoms with Gasteiger partial charge in [0.25, 0.3) is 0 Å². The summed E-state index contributed by atoms with van der Waals surface area (Å²) >= 11 is 1.43. The van der Waals surface area contributed by atoms with E-state index in [1.165, 1.54) is 17.3 Å². The van der Waals surface area contributed by atoms with Gasteiger partial charge in [-0.05, 0) is 17.5 Å². The second-order valence-electron chi connectivity index (χ2n) is 5.17. The van der Waals surface area contributed by atoms with E-state index in [2.05, 4.69) is 42.9 Å². The van der Waals surface area contributed by atoms with Crippen LogP contribution in [0.5, 0.6) is 0 Å². The normalized spacial score (nSPS) is 10.7. The third-order valence-electron chi connectivity index (χ3n) is 3.20. The van der Waals surface area contributed by atoms with E-state index in [0.717, 1.165) is 10.8 Å². The Labute approximate surface area is 135 Å². The van der Waals surface area contributed by atoms with Crippen LogP contribution >= 0.6 is 11.8 Å². The minimum Gasteiger partial charge on any atom is -0.352 e. The molecule has 0 aliphatic rings. The van der Waals surface area contributed by atoms with Crippen molar-refractivity contribution in [3.63, 3.8) is 0 Å². The van der Waals surface area contributed by atoms with Crippen molar-refractivity contribution in [2.45, 2.75) is 24.9 Å². The molecule has 1 N–H and O–H groups in total. The Morgan fingerprint density at radius 1 is 1.45 bits per heavy atom. The number of imidazole rings is 1. The summed E-state index contributed by atoms with van der Waals surface area (Å²) < 4.78 is 2.04. The van der Waals surface area contributed by atoms with E-state index in [9.17, 15) is 4.79 Å². The summed E-state index contributed by atoms with van der Waals surface area (Å²) in [7, 11) is 0. The zero-order valence-electron chi connectivity index (χ0n) is 13.0. The van der Waals surface area contributed by atoms with Crippen LogP contribution in [-0.2, 0) is 4.79 Å². The van der Waals surface area contributed by atoms with Gasteiger partial charge in [0.05, 0.1) is 11.4 Å². The predicted molar refractivity (Wildman–Crippen MR) is 91.6 cm³/mol. The number of rotatable bonds is 7. The van der Waals surface area contributed by atoms with Gasteiger partial charge in [-0.15, -0.1) is 6.58 Å². The Morgan fingerprint density at radius 2 is 2.23 bits per heavy atom. The average Bonchev–Trinajstić information content (AvgIpc) is 2.99. The van der Waals surface area contributed by atoms with E-state index in [-0.39, 0.29) is 5.91 Å². The molecule has 0 aliphatic carbocycles. The molecule has 1 aromatic carbocycles. The maximum atomic E-state index is 11.7. The molecule has 2 rings (SSSR count). The Kier molecular flexibility index (Phi) is 5.83. The number of benzene rings is 1. The lowest BCUT2D eigenvalue weighted by atomic mass is 10.0. The molecule has 0 spiro atoms. The summed E-state index contributed by atoms with van der Waals surface area (Å²) in [6, 6.07) is 8.28. The number of thioether (sulfide) groups is 1. The first-order chi connectivity index (χ1) is 10.6. The first-order valence-electron chi connectivity index (χ1n) is 7.26. The van der Waals surface area contributed by atoms with Crippen molar-refractivity contribution < 1.29 is 4.79 Å². The number of nitrogens with one attached hydrogen (secondary N) is 1. The molecule has 4 nitrogen and oxygen atoms in total. The summed E-state index contributed by atoms with van der Waals surface area (Å²) in [5, 5.41) is 3.59. The van der Waals surface area contributed by atoms with E-state index >= 15 is 0 Å². The fraction of sp³-hybridized carbons (Fsp3) is 0.294. The average molecular weight is 315 g/mol. The molecule has 0 radical (unpaired) electrons. The van der Waals surface area contributed by atoms with Gasteiger partial charge >= 0.3 is 0 Å². The van der Waals surface area contributed by atoms with Gasteiger partial charge in [-0.25, -0.2) is 4.98 Å². The van der Waals surface area contributed by atoms with Crippen LogP contribution in [-0.4, -0.2) is 27.8 Å². The summed E-state index contributed by atoms with van der Waals surface area (Å²) in [4.78, 5) is 16.1. The molecule has 0 saturated heterocycles. The molecule has 1 amide bonds. The minimum atomic E-state index is -0.0170. The lowest BCUT2D eigenvalue weighted by Gasteiger charge is -2.15. The number of carbonyl (C=O) groups is 1. The van der Waals surface area contributed by atoms with E-state index in [1.54, 1.807) is 12.3 Å². The van der Waals surface area contributed by atoms with E-state index in [4.69, 9.17) is 0 Å². The molecule has 116 valence electrons. The molecule has 22 heavy (non-hydrogen) atoms. The van der Waals surface area contributed by atoms with Crippen LogP contribution < -0.4 is 5.32 Å². The highest BCUT2D eigenvalue weighted by Crippen LogP contribution is 2.26. The van der Waals surface area contributed by atoms with Crippen molar-refractivity contribution in [3.05, 3.63) is 54.9 Å². The van der Waals surface area contributed by atoms with Crippen LogP contribution in [0.1, 0.15) is 25.3 Å². The first kappa shape index (κ1) is 16.4. The number of amides is 1. The van der Waals surface area contributed by atoms with E-state index < -0.39 is 0 Å². The lowest BCUT2D eigenvalue weighted by molar-refractivity contribution is -0.118. The van der Waals surface area contributed by atoms with Crippen molar-refractivity contribution in [3.8, 4) is 5.69 Å². The van der Waals surface area contributed by atoms with Crippen LogP contribution in [0.25, 0.3) is 5.69 Å². The maximum absolute atomic E-state index is 11.7. The minimum absolute atomic E-state index is 0.0170. The summed E-state index contributed by atoms with van der Waals surface area (Å²) in [6.07, 6.45) is 5.37. The Bertz CT molecular complexity index is 649. The van der Waals surface area contributed by atoms with Crippen molar-refractivity contribution in [2.75, 3.05) is 12.3 Å². The summed E-state index contributed by atoms with van der Waals surface area (Å²) in [5.74, 6) is 0.748. The van der Waals surface area contributed by atoms with Crippen LogP contribution in [0.2, 0.25) is 0 Å². The second-order valence-corrected chi connectivity index (χ2v) is 6.12. The summed E-state index contributed by atoms with van der Waals surface area (Å²) in [6.45, 7) is 8.42. The molecule has 0 atom stereocenters. The molecule has 0 unspecified atom stereocenters. The third-order valence-corrected chi connectivity index (χ3v) is 4.17. The number of para-hydroxylation sites is 1. The van der Waals surface area contributed by atoms with E-state index in [1.807, 2.05) is 22.9 Å². The predicted octanol–water partition coefficient (Wildman–Crippen LogP) is 3.39. The van der Waals surface area contributed by atoms with Gasteiger partial charge in [0.15, 0.2) is 5.16 Å². The van der Waals surface area contributed by atoms with Crippen molar-refractivity contribution in [2.24, 2.45) is 0 Å². The van der Waals surface area contributed by atoms with Gasteiger partial charge in [-0.3, -0.25) is 9.36 Å². The van der Waals surface area contributed by atoms with Gasteiger partial charge in [0.2, 0.25) is 5.91 Å². The highest BCUT2D eigenvalue weighted by molar-refractivity contribution is 7.99. The topological polar surface area (TPSA) is 46.9 Å². The highest BCUT2D eigenvalue weighted by Gasteiger charge is 2.12. The standard InChI is InChI=1S/C17H21N3OS/c1-4-9-18-16(21)12-22-17-19-10-11-20(17)15-8-6-5-7-14(15)13(2)3/h4-8,10-11,13H,1,9,12H2,2-3H3,(H,18,21). The zero-order chi connectivity index (χ0) is 15.9. The molecule has 5 heteroatoms. The zero-order valence-corrected chi connectivity index (χ0v) is 13.8. The second kappa shape index (κ2) is 7.84. The smallest absolute Gasteiger partial charge is 0.230 e. The quantitative estimate of drug-likeness (QED) is 0.629. The molecule has 2 aromatic rings. The van der Waals surface area contributed by atoms with Gasteiger partial charge < -0.3 is 5.32 Å². The van der Waals surface area contributed by atoms with Gasteiger partial charge in [0, 0.05) is 18.9 Å². The first-order valence-corrected chi connectivity index (χ1v) is 8.25. The van der Waals surface area contributed by atoms with Crippen LogP contribution in [0.15, 0.2) is 54.5 Å². The van der Waals surface area contributed by atoms with Gasteiger partial charge in [0.1, 0.15) is 0 Å². The molecule has 0 fully saturated rings. The van der Waals surface area contributed by atoms with E-state index in [0.29, 0.717) is 18.2 Å². The molecule has 1 aromatic heterocycles.